The Morgan fingerprint density at radius 1 is 1.36 bits per heavy atom. The van der Waals surface area contributed by atoms with E-state index in [-0.39, 0.29) is 18.7 Å². The summed E-state index contributed by atoms with van der Waals surface area (Å²) in [5, 5.41) is 14.4. The molecule has 1 atom stereocenters. The first-order chi connectivity index (χ1) is 11.5. The summed E-state index contributed by atoms with van der Waals surface area (Å²) < 4.78 is 10.2. The molecule has 1 aromatic rings. The number of aromatic hydroxyl groups is 1. The third kappa shape index (κ3) is 5.10. The van der Waals surface area contributed by atoms with Crippen molar-refractivity contribution >= 4 is 18.0 Å². The lowest BCUT2D eigenvalue weighted by Crippen LogP contribution is -2.50. The van der Waals surface area contributed by atoms with Crippen LogP contribution in [0.15, 0.2) is 12.1 Å². The molecule has 25 heavy (non-hydrogen) atoms. The SMILES string of the molecule is Cc1cc(O)cc2c1C[C@H](NC(=O)CNC(=O)OC(C)(C)C)C(=O)O2. The number of phenolic OH excluding ortho intramolecular Hbond substituents is 1. The number of phenols is 1. The molecule has 0 saturated heterocycles. The largest absolute Gasteiger partial charge is 0.508 e. The standard InChI is InChI=1S/C17H22N2O6/c1-9-5-10(20)6-13-11(9)7-12(15(22)24-13)19-14(21)8-18-16(23)25-17(2,3)4/h5-6,12,20H,7-8H2,1-4H3,(H,18,23)(H,19,21)/t12-/m0/s1. The summed E-state index contributed by atoms with van der Waals surface area (Å²) in [6, 6.07) is 2.06. The van der Waals surface area contributed by atoms with Crippen molar-refractivity contribution < 1.29 is 29.0 Å². The van der Waals surface area contributed by atoms with Crippen LogP contribution in [0.2, 0.25) is 0 Å². The molecule has 1 aliphatic heterocycles. The molecule has 8 nitrogen and oxygen atoms in total. The van der Waals surface area contributed by atoms with Crippen LogP contribution in [0.25, 0.3) is 0 Å². The minimum Gasteiger partial charge on any atom is -0.508 e. The van der Waals surface area contributed by atoms with Gasteiger partial charge in [-0.1, -0.05) is 0 Å². The van der Waals surface area contributed by atoms with Gasteiger partial charge in [0.05, 0.1) is 0 Å². The Balaban J connectivity index is 1.93. The number of aryl methyl sites for hydroxylation is 1. The highest BCUT2D eigenvalue weighted by Crippen LogP contribution is 2.32. The zero-order chi connectivity index (χ0) is 18.8. The van der Waals surface area contributed by atoms with Crippen LogP contribution in [0.1, 0.15) is 31.9 Å². The van der Waals surface area contributed by atoms with E-state index in [2.05, 4.69) is 10.6 Å². The molecule has 8 heteroatoms. The molecule has 2 rings (SSSR count). The van der Waals surface area contributed by atoms with Gasteiger partial charge in [0.25, 0.3) is 0 Å². The van der Waals surface area contributed by atoms with Gasteiger partial charge >= 0.3 is 12.1 Å². The summed E-state index contributed by atoms with van der Waals surface area (Å²) in [7, 11) is 0. The van der Waals surface area contributed by atoms with Gasteiger partial charge in [-0.25, -0.2) is 9.59 Å². The Bertz CT molecular complexity index is 708. The maximum Gasteiger partial charge on any atom is 0.408 e. The average molecular weight is 350 g/mol. The van der Waals surface area contributed by atoms with E-state index in [4.69, 9.17) is 9.47 Å². The monoisotopic (exact) mass is 350 g/mol. The number of amides is 2. The number of benzene rings is 1. The van der Waals surface area contributed by atoms with Gasteiger partial charge in [0.2, 0.25) is 5.91 Å². The van der Waals surface area contributed by atoms with Gasteiger partial charge in [0.1, 0.15) is 29.7 Å². The molecule has 0 aromatic heterocycles. The molecular formula is C17H22N2O6. The summed E-state index contributed by atoms with van der Waals surface area (Å²) in [5.41, 5.74) is 0.831. The highest BCUT2D eigenvalue weighted by atomic mass is 16.6. The van der Waals surface area contributed by atoms with E-state index in [1.165, 1.54) is 6.07 Å². The molecule has 0 unspecified atom stereocenters. The molecule has 1 aromatic carbocycles. The fourth-order valence-corrected chi connectivity index (χ4v) is 2.41. The predicted molar refractivity (Wildman–Crippen MR) is 88.4 cm³/mol. The molecule has 2 amide bonds. The molecule has 3 N–H and O–H groups in total. The molecule has 0 aliphatic carbocycles. The number of hydrogen-bond donors (Lipinski definition) is 3. The molecule has 1 heterocycles. The Kier molecular flexibility index (Phi) is 5.20. The smallest absolute Gasteiger partial charge is 0.408 e. The normalized spacial score (nSPS) is 16.5. The van der Waals surface area contributed by atoms with E-state index in [9.17, 15) is 19.5 Å². The van der Waals surface area contributed by atoms with Gasteiger partial charge in [-0.15, -0.1) is 0 Å². The highest BCUT2D eigenvalue weighted by molar-refractivity contribution is 5.89. The molecule has 0 saturated carbocycles. The van der Waals surface area contributed by atoms with Crippen molar-refractivity contribution in [2.45, 2.75) is 45.8 Å². The van der Waals surface area contributed by atoms with Crippen LogP contribution < -0.4 is 15.4 Å². The number of fused-ring (bicyclic) bond motifs is 1. The van der Waals surface area contributed by atoms with E-state index in [0.29, 0.717) is 5.75 Å². The zero-order valence-electron chi connectivity index (χ0n) is 14.6. The minimum atomic E-state index is -0.858. The third-order valence-corrected chi connectivity index (χ3v) is 3.45. The quantitative estimate of drug-likeness (QED) is 0.557. The number of esters is 1. The second kappa shape index (κ2) is 7.00. The van der Waals surface area contributed by atoms with Crippen molar-refractivity contribution in [3.8, 4) is 11.5 Å². The number of carbonyl (C=O) groups excluding carboxylic acids is 3. The first kappa shape index (κ1) is 18.6. The second-order valence-electron chi connectivity index (χ2n) is 6.84. The Morgan fingerprint density at radius 2 is 2.04 bits per heavy atom. The lowest BCUT2D eigenvalue weighted by Gasteiger charge is -2.25. The van der Waals surface area contributed by atoms with Crippen LogP contribution in [0, 0.1) is 6.92 Å². The van der Waals surface area contributed by atoms with Crippen LogP contribution in [0.3, 0.4) is 0 Å². The fourth-order valence-electron chi connectivity index (χ4n) is 2.41. The lowest BCUT2D eigenvalue weighted by molar-refractivity contribution is -0.140. The van der Waals surface area contributed by atoms with E-state index >= 15 is 0 Å². The highest BCUT2D eigenvalue weighted by Gasteiger charge is 2.31. The number of ether oxygens (including phenoxy) is 2. The van der Waals surface area contributed by atoms with Gasteiger partial charge < -0.3 is 25.2 Å². The number of rotatable bonds is 3. The number of carbonyl (C=O) groups is 3. The molecule has 0 radical (unpaired) electrons. The molecule has 0 fully saturated rings. The summed E-state index contributed by atoms with van der Waals surface area (Å²) in [5.74, 6) is -0.858. The number of nitrogens with one attached hydrogen (secondary N) is 2. The minimum absolute atomic E-state index is 0.00750. The Hall–Kier alpha value is -2.77. The molecule has 1 aliphatic rings. The first-order valence-electron chi connectivity index (χ1n) is 7.85. The van der Waals surface area contributed by atoms with Gasteiger partial charge in [-0.05, 0) is 39.3 Å². The summed E-state index contributed by atoms with van der Waals surface area (Å²) in [4.78, 5) is 35.5. The fraction of sp³-hybridized carbons (Fsp3) is 0.471. The van der Waals surface area contributed by atoms with Crippen molar-refractivity contribution in [2.75, 3.05) is 6.54 Å². The maximum absolute atomic E-state index is 12.0. The van der Waals surface area contributed by atoms with Crippen LogP contribution in [-0.2, 0) is 20.7 Å². The van der Waals surface area contributed by atoms with Crippen molar-refractivity contribution in [1.82, 2.24) is 10.6 Å². The van der Waals surface area contributed by atoms with E-state index in [0.717, 1.165) is 11.1 Å². The molecular weight excluding hydrogens is 328 g/mol. The van der Waals surface area contributed by atoms with Gasteiger partial charge in [0.15, 0.2) is 0 Å². The molecule has 0 spiro atoms. The van der Waals surface area contributed by atoms with E-state index < -0.39 is 29.6 Å². The number of hydrogen-bond acceptors (Lipinski definition) is 6. The Morgan fingerprint density at radius 3 is 2.68 bits per heavy atom. The second-order valence-corrected chi connectivity index (χ2v) is 6.84. The van der Waals surface area contributed by atoms with Crippen LogP contribution >= 0.6 is 0 Å². The maximum atomic E-state index is 12.0. The topological polar surface area (TPSA) is 114 Å². The first-order valence-corrected chi connectivity index (χ1v) is 7.85. The molecule has 0 bridgehead atoms. The van der Waals surface area contributed by atoms with E-state index in [1.807, 2.05) is 0 Å². The summed E-state index contributed by atoms with van der Waals surface area (Å²) in [6.45, 7) is 6.59. The van der Waals surface area contributed by atoms with Crippen LogP contribution in [-0.4, -0.2) is 41.3 Å². The van der Waals surface area contributed by atoms with Crippen molar-refractivity contribution in [3.05, 3.63) is 23.3 Å². The number of alkyl carbamates (subject to hydrolysis) is 1. The lowest BCUT2D eigenvalue weighted by atomic mass is 9.97. The summed E-state index contributed by atoms with van der Waals surface area (Å²) in [6.07, 6.45) is -0.469. The van der Waals surface area contributed by atoms with Crippen molar-refractivity contribution in [1.29, 1.82) is 0 Å². The summed E-state index contributed by atoms with van der Waals surface area (Å²) >= 11 is 0. The molecule has 136 valence electrons. The van der Waals surface area contributed by atoms with Gasteiger partial charge in [-0.2, -0.15) is 0 Å². The zero-order valence-corrected chi connectivity index (χ0v) is 14.6. The van der Waals surface area contributed by atoms with E-state index in [1.54, 1.807) is 33.8 Å². The van der Waals surface area contributed by atoms with Crippen LogP contribution in [0.5, 0.6) is 11.5 Å². The predicted octanol–water partition coefficient (Wildman–Crippen LogP) is 1.17. The van der Waals surface area contributed by atoms with Gasteiger partial charge in [0, 0.05) is 18.1 Å². The third-order valence-electron chi connectivity index (χ3n) is 3.45. The van der Waals surface area contributed by atoms with Crippen molar-refractivity contribution in [2.24, 2.45) is 0 Å². The van der Waals surface area contributed by atoms with Crippen LogP contribution in [0.4, 0.5) is 4.79 Å². The van der Waals surface area contributed by atoms with Gasteiger partial charge in [-0.3, -0.25) is 4.79 Å². The van der Waals surface area contributed by atoms with Crippen molar-refractivity contribution in [3.63, 3.8) is 0 Å². The average Bonchev–Trinajstić information content (AvgIpc) is 2.45. The Labute approximate surface area is 145 Å².